The number of nitrogens with two attached hydrogens (primary N) is 1. The number of ether oxygens (including phenoxy) is 1. The minimum atomic E-state index is -1.49. The summed E-state index contributed by atoms with van der Waals surface area (Å²) in [6.07, 6.45) is 4.87. The molecule has 3 aromatic rings. The average molecular weight is 546 g/mol. The molecular weight excluding hydrogens is 511 g/mol. The number of hydrogen-bond acceptors (Lipinski definition) is 7. The molecule has 2 aromatic carbocycles. The van der Waals surface area contributed by atoms with Crippen molar-refractivity contribution in [2.75, 3.05) is 38.6 Å². The second-order valence-corrected chi connectivity index (χ2v) is 9.95. The molecule has 0 bridgehead atoms. The lowest BCUT2D eigenvalue weighted by Gasteiger charge is -2.40. The Balaban J connectivity index is 1.37. The van der Waals surface area contributed by atoms with Crippen LogP contribution in [0.15, 0.2) is 36.5 Å². The number of piperidine rings is 1. The number of anilines is 1. The molecule has 1 saturated heterocycles. The highest BCUT2D eigenvalue weighted by Gasteiger charge is 2.40. The van der Waals surface area contributed by atoms with Crippen molar-refractivity contribution in [2.45, 2.75) is 38.6 Å². The second-order valence-electron chi connectivity index (χ2n) is 9.95. The molecule has 1 aliphatic heterocycles. The fourth-order valence-corrected chi connectivity index (χ4v) is 5.40. The summed E-state index contributed by atoms with van der Waals surface area (Å²) in [5, 5.41) is 13.4. The number of aryl methyl sites for hydroxylation is 1. The fraction of sp³-hybridized carbons (Fsp3) is 0.429. The lowest BCUT2D eigenvalue weighted by Crippen LogP contribution is -2.49. The average Bonchev–Trinajstić information content (AvgIpc) is 2.96. The van der Waals surface area contributed by atoms with Gasteiger partial charge in [0.2, 0.25) is 5.91 Å². The van der Waals surface area contributed by atoms with Gasteiger partial charge in [-0.05, 0) is 74.5 Å². The number of methoxy groups -OCH3 is 1. The van der Waals surface area contributed by atoms with E-state index in [-0.39, 0.29) is 5.69 Å². The summed E-state index contributed by atoms with van der Waals surface area (Å²) in [5.41, 5.74) is 10.2. The summed E-state index contributed by atoms with van der Waals surface area (Å²) in [7, 11) is 1.61. The highest BCUT2D eigenvalue weighted by molar-refractivity contribution is 5.84. The van der Waals surface area contributed by atoms with Crippen molar-refractivity contribution in [3.05, 3.63) is 65.1 Å². The van der Waals surface area contributed by atoms with E-state index in [9.17, 15) is 23.2 Å². The number of carbonyl (C=O) groups excluding carboxylic acids is 1. The molecule has 1 aromatic heterocycles. The van der Waals surface area contributed by atoms with E-state index < -0.39 is 28.8 Å². The standard InChI is InChI=1S/C28H34F3N5O3/c1-39-20-4-5-25-22(15-20)21(18(16-32)17-34-25)3-2-6-28(27(37)35-38)7-10-36(11-8-28)12-9-33-19-13-23(29)26(31)24(30)14-19/h4-5,13-15,17,33,38H,2-3,6-12,16,32H2,1H3,(H,35,37). The number of carbonyl (C=O) groups is 1. The van der Waals surface area contributed by atoms with Crippen LogP contribution in [0.4, 0.5) is 18.9 Å². The molecule has 0 saturated carbocycles. The van der Waals surface area contributed by atoms with E-state index in [0.717, 1.165) is 39.9 Å². The van der Waals surface area contributed by atoms with Gasteiger partial charge in [0, 0.05) is 49.0 Å². The Labute approximate surface area is 225 Å². The van der Waals surface area contributed by atoms with E-state index in [4.69, 9.17) is 10.5 Å². The van der Waals surface area contributed by atoms with Crippen LogP contribution in [-0.2, 0) is 17.8 Å². The summed E-state index contributed by atoms with van der Waals surface area (Å²) in [6.45, 7) is 2.54. The van der Waals surface area contributed by atoms with E-state index in [1.807, 2.05) is 23.7 Å². The molecule has 11 heteroatoms. The Morgan fingerprint density at radius 2 is 1.90 bits per heavy atom. The number of aromatic nitrogens is 1. The molecule has 8 nitrogen and oxygen atoms in total. The predicted molar refractivity (Wildman–Crippen MR) is 142 cm³/mol. The van der Waals surface area contributed by atoms with Crippen molar-refractivity contribution in [1.29, 1.82) is 0 Å². The largest absolute Gasteiger partial charge is 0.497 e. The molecule has 0 radical (unpaired) electrons. The van der Waals surface area contributed by atoms with E-state index in [2.05, 4.69) is 15.2 Å². The Hall–Kier alpha value is -3.41. The molecular formula is C28H34F3N5O3. The Bertz CT molecular complexity index is 1290. The first-order valence-electron chi connectivity index (χ1n) is 13.0. The first-order chi connectivity index (χ1) is 18.8. The number of halogens is 3. The number of benzene rings is 2. The van der Waals surface area contributed by atoms with Crippen LogP contribution in [-0.4, -0.2) is 54.3 Å². The topological polar surface area (TPSA) is 113 Å². The molecule has 1 fully saturated rings. The van der Waals surface area contributed by atoms with Gasteiger partial charge in [-0.2, -0.15) is 0 Å². The van der Waals surface area contributed by atoms with E-state index in [1.165, 1.54) is 0 Å². The first kappa shape index (κ1) is 28.6. The van der Waals surface area contributed by atoms with Gasteiger partial charge in [0.1, 0.15) is 5.75 Å². The van der Waals surface area contributed by atoms with Crippen LogP contribution in [0.2, 0.25) is 0 Å². The van der Waals surface area contributed by atoms with E-state index >= 15 is 0 Å². The number of hydrogen-bond donors (Lipinski definition) is 4. The summed E-state index contributed by atoms with van der Waals surface area (Å²) in [5.74, 6) is -3.64. The van der Waals surface area contributed by atoms with Crippen LogP contribution in [0.5, 0.6) is 5.75 Å². The lowest BCUT2D eigenvalue weighted by atomic mass is 9.73. The SMILES string of the molecule is COc1ccc2ncc(CN)c(CCCC3(C(=O)NO)CCN(CCNc4cc(F)c(F)c(F)c4)CC3)c2c1. The zero-order valence-corrected chi connectivity index (χ0v) is 21.9. The van der Waals surface area contributed by atoms with Gasteiger partial charge in [0.15, 0.2) is 17.5 Å². The van der Waals surface area contributed by atoms with Crippen molar-refractivity contribution in [2.24, 2.45) is 11.1 Å². The molecule has 39 heavy (non-hydrogen) atoms. The lowest BCUT2D eigenvalue weighted by molar-refractivity contribution is -0.143. The molecule has 0 aliphatic carbocycles. The van der Waals surface area contributed by atoms with Crippen molar-refractivity contribution in [3.8, 4) is 5.75 Å². The quantitative estimate of drug-likeness (QED) is 0.163. The number of rotatable bonds is 11. The number of hydroxylamine groups is 1. The zero-order valence-electron chi connectivity index (χ0n) is 21.9. The minimum Gasteiger partial charge on any atom is -0.497 e. The summed E-state index contributed by atoms with van der Waals surface area (Å²) in [4.78, 5) is 19.5. The third kappa shape index (κ3) is 6.43. The maximum Gasteiger partial charge on any atom is 0.249 e. The highest BCUT2D eigenvalue weighted by Crippen LogP contribution is 2.38. The Morgan fingerprint density at radius 1 is 1.18 bits per heavy atom. The normalized spacial score (nSPS) is 15.3. The summed E-state index contributed by atoms with van der Waals surface area (Å²) < 4.78 is 45.4. The Morgan fingerprint density at radius 3 is 2.54 bits per heavy atom. The van der Waals surface area contributed by atoms with Crippen LogP contribution in [0.25, 0.3) is 10.9 Å². The zero-order chi connectivity index (χ0) is 28.0. The second kappa shape index (κ2) is 12.6. The maximum atomic E-state index is 13.4. The van der Waals surface area contributed by atoms with Crippen molar-refractivity contribution in [3.63, 3.8) is 0 Å². The molecule has 5 N–H and O–H groups in total. The molecule has 1 amide bonds. The van der Waals surface area contributed by atoms with Crippen LogP contribution >= 0.6 is 0 Å². The van der Waals surface area contributed by atoms with Crippen LogP contribution in [0, 0.1) is 22.9 Å². The third-order valence-electron chi connectivity index (χ3n) is 7.72. The van der Waals surface area contributed by atoms with Gasteiger partial charge < -0.3 is 20.7 Å². The van der Waals surface area contributed by atoms with Crippen LogP contribution in [0.3, 0.4) is 0 Å². The minimum absolute atomic E-state index is 0.163. The summed E-state index contributed by atoms with van der Waals surface area (Å²) >= 11 is 0. The molecule has 0 atom stereocenters. The van der Waals surface area contributed by atoms with Gasteiger partial charge in [-0.15, -0.1) is 0 Å². The monoisotopic (exact) mass is 545 g/mol. The number of nitrogens with zero attached hydrogens (tertiary/aromatic N) is 2. The third-order valence-corrected chi connectivity index (χ3v) is 7.72. The molecule has 2 heterocycles. The fourth-order valence-electron chi connectivity index (χ4n) is 5.40. The molecule has 4 rings (SSSR count). The van der Waals surface area contributed by atoms with Crippen molar-refractivity contribution < 1.29 is 27.9 Å². The molecule has 210 valence electrons. The van der Waals surface area contributed by atoms with Gasteiger partial charge >= 0.3 is 0 Å². The maximum absolute atomic E-state index is 13.4. The van der Waals surface area contributed by atoms with Gasteiger partial charge in [-0.25, -0.2) is 18.7 Å². The van der Waals surface area contributed by atoms with Gasteiger partial charge in [-0.1, -0.05) is 0 Å². The number of pyridine rings is 1. The molecule has 0 spiro atoms. The van der Waals surface area contributed by atoms with Crippen LogP contribution < -0.4 is 21.3 Å². The van der Waals surface area contributed by atoms with Crippen LogP contribution in [0.1, 0.15) is 36.8 Å². The molecule has 0 unspecified atom stereocenters. The first-order valence-corrected chi connectivity index (χ1v) is 13.0. The van der Waals surface area contributed by atoms with E-state index in [1.54, 1.807) is 13.3 Å². The number of fused-ring (bicyclic) bond motifs is 1. The number of nitrogens with one attached hydrogen (secondary N) is 2. The van der Waals surface area contributed by atoms with Crippen molar-refractivity contribution in [1.82, 2.24) is 15.4 Å². The van der Waals surface area contributed by atoms with Gasteiger partial charge in [-0.3, -0.25) is 15.0 Å². The molecule has 1 aliphatic rings. The smallest absolute Gasteiger partial charge is 0.249 e. The predicted octanol–water partition coefficient (Wildman–Crippen LogP) is 4.14. The van der Waals surface area contributed by atoms with Gasteiger partial charge in [0.25, 0.3) is 0 Å². The highest BCUT2D eigenvalue weighted by atomic mass is 19.2. The number of likely N-dealkylation sites (tertiary alicyclic amines) is 1. The van der Waals surface area contributed by atoms with Gasteiger partial charge in [0.05, 0.1) is 18.0 Å². The van der Waals surface area contributed by atoms with E-state index in [0.29, 0.717) is 64.8 Å². The van der Waals surface area contributed by atoms with Crippen molar-refractivity contribution >= 4 is 22.5 Å². The summed E-state index contributed by atoms with van der Waals surface area (Å²) in [6, 6.07) is 7.56. The Kier molecular flexibility index (Phi) is 9.26. The number of amides is 1.